The second-order valence-corrected chi connectivity index (χ2v) is 4.97. The van der Waals surface area contributed by atoms with E-state index in [2.05, 4.69) is 34.3 Å². The number of hydrogen-bond acceptors (Lipinski definition) is 5. The maximum atomic E-state index is 4.44. The van der Waals surface area contributed by atoms with Crippen LogP contribution in [-0.2, 0) is 0 Å². The Hall–Kier alpha value is -0.810. The second kappa shape index (κ2) is 6.70. The minimum absolute atomic E-state index is 0.731. The lowest BCUT2D eigenvalue weighted by atomic mass is 10.5. The van der Waals surface area contributed by atoms with Gasteiger partial charge in [0.05, 0.1) is 0 Å². The van der Waals surface area contributed by atoms with Crippen LogP contribution in [0.5, 0.6) is 0 Å². The third-order valence-corrected chi connectivity index (χ3v) is 2.85. The van der Waals surface area contributed by atoms with Crippen molar-refractivity contribution in [3.63, 3.8) is 0 Å². The molecule has 0 aromatic carbocycles. The lowest BCUT2D eigenvalue weighted by Crippen LogP contribution is -2.14. The summed E-state index contributed by atoms with van der Waals surface area (Å²) < 4.78 is 0. The molecule has 0 radical (unpaired) electrons. The summed E-state index contributed by atoms with van der Waals surface area (Å²) in [5, 5.41) is 4.19. The van der Waals surface area contributed by atoms with Crippen LogP contribution >= 0.6 is 11.8 Å². The molecule has 16 heavy (non-hydrogen) atoms. The summed E-state index contributed by atoms with van der Waals surface area (Å²) in [6.45, 7) is 5.96. The van der Waals surface area contributed by atoms with Crippen LogP contribution in [0.3, 0.4) is 0 Å². The monoisotopic (exact) mass is 240 g/mol. The summed E-state index contributed by atoms with van der Waals surface area (Å²) >= 11 is 1.77. The predicted molar refractivity (Wildman–Crippen MR) is 70.2 cm³/mol. The first-order chi connectivity index (χ1) is 7.61. The summed E-state index contributed by atoms with van der Waals surface area (Å²) in [5.41, 5.74) is 1.01. The van der Waals surface area contributed by atoms with Gasteiger partial charge < -0.3 is 10.2 Å². The third-order valence-electron chi connectivity index (χ3n) is 1.95. The Balaban J connectivity index is 2.58. The smallest absolute Gasteiger partial charge is 0.223 e. The fourth-order valence-electron chi connectivity index (χ4n) is 1.18. The molecule has 0 amide bonds. The largest absolute Gasteiger partial charge is 0.354 e. The Morgan fingerprint density at radius 1 is 1.38 bits per heavy atom. The van der Waals surface area contributed by atoms with Gasteiger partial charge >= 0.3 is 0 Å². The molecule has 1 heterocycles. The SMILES string of the molecule is CCNc1nc(C)cc(SCCN(C)C)n1. The highest BCUT2D eigenvalue weighted by molar-refractivity contribution is 7.99. The van der Waals surface area contributed by atoms with Gasteiger partial charge in [0.25, 0.3) is 0 Å². The molecule has 0 fully saturated rings. The fourth-order valence-corrected chi connectivity index (χ4v) is 2.25. The van der Waals surface area contributed by atoms with Gasteiger partial charge in [0.1, 0.15) is 5.03 Å². The molecular formula is C11H20N4S. The maximum absolute atomic E-state index is 4.44. The zero-order valence-corrected chi connectivity index (χ0v) is 11.3. The van der Waals surface area contributed by atoms with Crippen molar-refractivity contribution >= 4 is 17.7 Å². The molecule has 0 atom stereocenters. The number of aromatic nitrogens is 2. The molecule has 1 aromatic rings. The van der Waals surface area contributed by atoms with Gasteiger partial charge in [-0.3, -0.25) is 0 Å². The second-order valence-electron chi connectivity index (χ2n) is 3.85. The summed E-state index contributed by atoms with van der Waals surface area (Å²) in [6.07, 6.45) is 0. The molecule has 0 aliphatic carbocycles. The number of thioether (sulfide) groups is 1. The van der Waals surface area contributed by atoms with Gasteiger partial charge in [-0.05, 0) is 34.0 Å². The minimum Gasteiger partial charge on any atom is -0.354 e. The zero-order chi connectivity index (χ0) is 12.0. The first-order valence-electron chi connectivity index (χ1n) is 5.49. The Morgan fingerprint density at radius 2 is 2.12 bits per heavy atom. The van der Waals surface area contributed by atoms with Crippen LogP contribution in [0.25, 0.3) is 0 Å². The molecule has 0 aliphatic rings. The van der Waals surface area contributed by atoms with E-state index in [0.717, 1.165) is 35.5 Å². The van der Waals surface area contributed by atoms with Crippen LogP contribution in [0.1, 0.15) is 12.6 Å². The van der Waals surface area contributed by atoms with Crippen molar-refractivity contribution in [2.75, 3.05) is 38.3 Å². The molecular weight excluding hydrogens is 220 g/mol. The van der Waals surface area contributed by atoms with Crippen LogP contribution in [0, 0.1) is 6.92 Å². The summed E-state index contributed by atoms with van der Waals surface area (Å²) in [7, 11) is 4.16. The van der Waals surface area contributed by atoms with Crippen molar-refractivity contribution in [2.45, 2.75) is 18.9 Å². The topological polar surface area (TPSA) is 41.1 Å². The van der Waals surface area contributed by atoms with E-state index in [4.69, 9.17) is 0 Å². The molecule has 1 aromatic heterocycles. The van der Waals surface area contributed by atoms with Crippen LogP contribution in [-0.4, -0.2) is 47.8 Å². The van der Waals surface area contributed by atoms with Crippen LogP contribution in [0.4, 0.5) is 5.95 Å². The first kappa shape index (κ1) is 13.3. The lowest BCUT2D eigenvalue weighted by Gasteiger charge is -2.09. The van der Waals surface area contributed by atoms with E-state index in [1.54, 1.807) is 11.8 Å². The normalized spacial score (nSPS) is 10.8. The van der Waals surface area contributed by atoms with Crippen molar-refractivity contribution in [3.05, 3.63) is 11.8 Å². The molecule has 0 spiro atoms. The van der Waals surface area contributed by atoms with E-state index >= 15 is 0 Å². The van der Waals surface area contributed by atoms with Gasteiger partial charge in [-0.2, -0.15) is 0 Å². The van der Waals surface area contributed by atoms with Crippen molar-refractivity contribution < 1.29 is 0 Å². The number of rotatable bonds is 6. The molecule has 0 saturated carbocycles. The summed E-state index contributed by atoms with van der Waals surface area (Å²) in [5.74, 6) is 1.78. The van der Waals surface area contributed by atoms with Gasteiger partial charge in [-0.25, -0.2) is 9.97 Å². The standard InChI is InChI=1S/C11H20N4S/c1-5-12-11-13-9(2)8-10(14-11)16-7-6-15(3)4/h8H,5-7H2,1-4H3,(H,12,13,14). The number of nitrogens with one attached hydrogen (secondary N) is 1. The Kier molecular flexibility index (Phi) is 5.55. The quantitative estimate of drug-likeness (QED) is 0.607. The average Bonchev–Trinajstić information content (AvgIpc) is 2.16. The van der Waals surface area contributed by atoms with Gasteiger partial charge in [0, 0.05) is 24.5 Å². The molecule has 1 N–H and O–H groups in total. The number of nitrogens with zero attached hydrogens (tertiary/aromatic N) is 3. The minimum atomic E-state index is 0.731. The molecule has 0 unspecified atom stereocenters. The molecule has 90 valence electrons. The summed E-state index contributed by atoms with van der Waals surface area (Å²) in [4.78, 5) is 10.9. The van der Waals surface area contributed by atoms with E-state index in [9.17, 15) is 0 Å². The van der Waals surface area contributed by atoms with E-state index in [0.29, 0.717) is 0 Å². The van der Waals surface area contributed by atoms with E-state index in [1.165, 1.54) is 0 Å². The Bertz CT molecular complexity index is 328. The number of aryl methyl sites for hydroxylation is 1. The molecule has 1 rings (SSSR count). The van der Waals surface area contributed by atoms with Crippen molar-refractivity contribution in [1.82, 2.24) is 14.9 Å². The highest BCUT2D eigenvalue weighted by atomic mass is 32.2. The van der Waals surface area contributed by atoms with Crippen LogP contribution in [0.15, 0.2) is 11.1 Å². The molecule has 0 bridgehead atoms. The molecule has 4 nitrogen and oxygen atoms in total. The van der Waals surface area contributed by atoms with Crippen LogP contribution in [0.2, 0.25) is 0 Å². The number of anilines is 1. The van der Waals surface area contributed by atoms with Crippen molar-refractivity contribution in [2.24, 2.45) is 0 Å². The van der Waals surface area contributed by atoms with Crippen molar-refractivity contribution in [3.8, 4) is 0 Å². The lowest BCUT2D eigenvalue weighted by molar-refractivity contribution is 0.437. The first-order valence-corrected chi connectivity index (χ1v) is 6.47. The Labute approximate surface area is 102 Å². The fraction of sp³-hybridized carbons (Fsp3) is 0.636. The average molecular weight is 240 g/mol. The summed E-state index contributed by atoms with van der Waals surface area (Å²) in [6, 6.07) is 2.03. The Morgan fingerprint density at radius 3 is 2.75 bits per heavy atom. The van der Waals surface area contributed by atoms with Gasteiger partial charge in [0.15, 0.2) is 0 Å². The van der Waals surface area contributed by atoms with E-state index in [1.807, 2.05) is 19.9 Å². The van der Waals surface area contributed by atoms with E-state index < -0.39 is 0 Å². The molecule has 0 saturated heterocycles. The van der Waals surface area contributed by atoms with Gasteiger partial charge in [0.2, 0.25) is 5.95 Å². The van der Waals surface area contributed by atoms with E-state index in [-0.39, 0.29) is 0 Å². The molecule has 0 aliphatic heterocycles. The maximum Gasteiger partial charge on any atom is 0.223 e. The van der Waals surface area contributed by atoms with Gasteiger partial charge in [-0.15, -0.1) is 11.8 Å². The van der Waals surface area contributed by atoms with Crippen molar-refractivity contribution in [1.29, 1.82) is 0 Å². The van der Waals surface area contributed by atoms with Crippen LogP contribution < -0.4 is 5.32 Å². The zero-order valence-electron chi connectivity index (χ0n) is 10.4. The highest BCUT2D eigenvalue weighted by Crippen LogP contribution is 2.17. The van der Waals surface area contributed by atoms with Gasteiger partial charge in [-0.1, -0.05) is 0 Å². The highest BCUT2D eigenvalue weighted by Gasteiger charge is 2.02. The molecule has 5 heteroatoms. The third kappa shape index (κ3) is 4.81. The number of hydrogen-bond donors (Lipinski definition) is 1. The predicted octanol–water partition coefficient (Wildman–Crippen LogP) is 1.87.